The first kappa shape index (κ1) is 17.1. The number of halogens is 1. The van der Waals surface area contributed by atoms with Crippen LogP contribution in [-0.4, -0.2) is 21.5 Å². The molecule has 3 aromatic rings. The van der Waals surface area contributed by atoms with Crippen LogP contribution in [0.1, 0.15) is 39.5 Å². The van der Waals surface area contributed by atoms with Crippen LogP contribution in [0.5, 0.6) is 0 Å². The van der Waals surface area contributed by atoms with E-state index >= 15 is 0 Å². The molecular formula is C21H18FN3O2. The fraction of sp³-hybridized carbons (Fsp3) is 0.190. The van der Waals surface area contributed by atoms with Gasteiger partial charge >= 0.3 is 0 Å². The van der Waals surface area contributed by atoms with E-state index in [2.05, 4.69) is 10.4 Å². The second kappa shape index (κ2) is 6.46. The van der Waals surface area contributed by atoms with Gasteiger partial charge in [0.1, 0.15) is 11.6 Å². The minimum atomic E-state index is -0.592. The second-order valence-corrected chi connectivity index (χ2v) is 6.77. The first-order valence-electron chi connectivity index (χ1n) is 8.70. The van der Waals surface area contributed by atoms with Crippen molar-refractivity contribution in [2.75, 3.05) is 5.32 Å². The summed E-state index contributed by atoms with van der Waals surface area (Å²) in [5.41, 5.74) is 3.63. The predicted molar refractivity (Wildman–Crippen MR) is 99.8 cm³/mol. The third kappa shape index (κ3) is 3.03. The summed E-state index contributed by atoms with van der Waals surface area (Å²) in [5.74, 6) is -0.816. The van der Waals surface area contributed by atoms with Crippen LogP contribution in [0.3, 0.4) is 0 Å². The summed E-state index contributed by atoms with van der Waals surface area (Å²) >= 11 is 0. The van der Waals surface area contributed by atoms with E-state index in [1.54, 1.807) is 28.9 Å². The Morgan fingerprint density at radius 3 is 2.44 bits per heavy atom. The highest BCUT2D eigenvalue weighted by molar-refractivity contribution is 6.08. The van der Waals surface area contributed by atoms with Gasteiger partial charge in [0.15, 0.2) is 5.78 Å². The molecule has 5 nitrogen and oxygen atoms in total. The largest absolute Gasteiger partial charge is 0.310 e. The smallest absolute Gasteiger partial charge is 0.226 e. The molecule has 6 heteroatoms. The molecule has 4 rings (SSSR count). The molecule has 0 saturated carbocycles. The van der Waals surface area contributed by atoms with Gasteiger partial charge in [0.25, 0.3) is 0 Å². The maximum Gasteiger partial charge on any atom is 0.226 e. The lowest BCUT2D eigenvalue weighted by molar-refractivity contribution is -0.116. The van der Waals surface area contributed by atoms with Crippen LogP contribution >= 0.6 is 0 Å². The number of fused-ring (bicyclic) bond motifs is 1. The van der Waals surface area contributed by atoms with E-state index in [0.717, 1.165) is 5.56 Å². The van der Waals surface area contributed by atoms with Crippen molar-refractivity contribution in [3.63, 3.8) is 0 Å². The van der Waals surface area contributed by atoms with E-state index in [4.69, 9.17) is 0 Å². The van der Waals surface area contributed by atoms with Crippen LogP contribution < -0.4 is 5.32 Å². The Labute approximate surface area is 155 Å². The Balaban J connectivity index is 1.80. The average Bonchev–Trinajstić information content (AvgIpc) is 2.98. The normalized spacial score (nSPS) is 16.0. The molecule has 27 heavy (non-hydrogen) atoms. The lowest BCUT2D eigenvalue weighted by Gasteiger charge is -2.23. The lowest BCUT2D eigenvalue weighted by atomic mass is 9.85. The molecule has 0 radical (unpaired) electrons. The van der Waals surface area contributed by atoms with Gasteiger partial charge in [0, 0.05) is 17.5 Å². The highest BCUT2D eigenvalue weighted by atomic mass is 19.1. The molecule has 2 heterocycles. The van der Waals surface area contributed by atoms with Gasteiger partial charge in [-0.15, -0.1) is 0 Å². The first-order chi connectivity index (χ1) is 12.9. The molecule has 0 fully saturated rings. The minimum Gasteiger partial charge on any atom is -0.310 e. The second-order valence-electron chi connectivity index (χ2n) is 6.77. The number of hydrogen-bond acceptors (Lipinski definition) is 3. The number of nitrogens with zero attached hydrogens (tertiary/aromatic N) is 2. The molecule has 1 aromatic heterocycles. The molecule has 0 saturated heterocycles. The summed E-state index contributed by atoms with van der Waals surface area (Å²) < 4.78 is 14.8. The van der Waals surface area contributed by atoms with Crippen molar-refractivity contribution in [3.05, 3.63) is 76.7 Å². The summed E-state index contributed by atoms with van der Waals surface area (Å²) in [6.07, 6.45) is 0.0790. The minimum absolute atomic E-state index is 0.0790. The Morgan fingerprint density at radius 1 is 1.11 bits per heavy atom. The molecule has 1 aliphatic rings. The van der Waals surface area contributed by atoms with Crippen molar-refractivity contribution >= 4 is 17.5 Å². The standard InChI is InChI=1S/C21H18FN3O2/c1-12-3-5-14(6-4-12)20(27)17-11-18(26)23-21-19(17)13(2)24-25(21)16-9-7-15(22)8-10-16/h3-10,17H,11H2,1-2H3,(H,23,26). The number of aromatic nitrogens is 2. The third-order valence-electron chi connectivity index (χ3n) is 4.83. The number of ketones is 1. The van der Waals surface area contributed by atoms with Crippen LogP contribution in [0.25, 0.3) is 5.69 Å². The molecule has 1 atom stereocenters. The molecule has 136 valence electrons. The molecule has 1 unspecified atom stereocenters. The van der Waals surface area contributed by atoms with Crippen molar-refractivity contribution in [2.24, 2.45) is 0 Å². The van der Waals surface area contributed by atoms with E-state index in [-0.39, 0.29) is 23.9 Å². The first-order valence-corrected chi connectivity index (χ1v) is 8.70. The van der Waals surface area contributed by atoms with Gasteiger partial charge in [-0.3, -0.25) is 9.59 Å². The van der Waals surface area contributed by atoms with Crippen LogP contribution in [0.4, 0.5) is 10.2 Å². The van der Waals surface area contributed by atoms with Crippen LogP contribution in [0, 0.1) is 19.7 Å². The highest BCUT2D eigenvalue weighted by Gasteiger charge is 2.36. The van der Waals surface area contributed by atoms with Crippen molar-refractivity contribution in [1.82, 2.24) is 9.78 Å². The summed E-state index contributed by atoms with van der Waals surface area (Å²) in [4.78, 5) is 25.4. The van der Waals surface area contributed by atoms with Gasteiger partial charge in [0.05, 0.1) is 17.3 Å². The molecular weight excluding hydrogens is 345 g/mol. The van der Waals surface area contributed by atoms with Gasteiger partial charge in [-0.1, -0.05) is 29.8 Å². The van der Waals surface area contributed by atoms with Gasteiger partial charge < -0.3 is 5.32 Å². The number of carbonyl (C=O) groups excluding carboxylic acids is 2. The number of benzene rings is 2. The Hall–Kier alpha value is -3.28. The number of rotatable bonds is 3. The molecule has 2 aromatic carbocycles. The Kier molecular flexibility index (Phi) is 4.11. The number of nitrogens with one attached hydrogen (secondary N) is 1. The van der Waals surface area contributed by atoms with E-state index < -0.39 is 5.92 Å². The summed E-state index contributed by atoms with van der Waals surface area (Å²) in [6.45, 7) is 3.77. The van der Waals surface area contributed by atoms with E-state index in [1.165, 1.54) is 12.1 Å². The van der Waals surface area contributed by atoms with Crippen LogP contribution in [0.15, 0.2) is 48.5 Å². The number of hydrogen-bond donors (Lipinski definition) is 1. The third-order valence-corrected chi connectivity index (χ3v) is 4.83. The maximum atomic E-state index is 13.2. The number of carbonyl (C=O) groups is 2. The van der Waals surface area contributed by atoms with Crippen molar-refractivity contribution < 1.29 is 14.0 Å². The maximum absolute atomic E-state index is 13.2. The molecule has 1 aliphatic heterocycles. The molecule has 1 amide bonds. The number of amides is 1. The van der Waals surface area contributed by atoms with Crippen molar-refractivity contribution in [2.45, 2.75) is 26.2 Å². The molecule has 0 spiro atoms. The van der Waals surface area contributed by atoms with Gasteiger partial charge in [-0.05, 0) is 38.1 Å². The van der Waals surface area contributed by atoms with E-state index in [1.807, 2.05) is 26.0 Å². The zero-order valence-electron chi connectivity index (χ0n) is 15.0. The predicted octanol–water partition coefficient (Wildman–Crippen LogP) is 3.94. The fourth-order valence-electron chi connectivity index (χ4n) is 3.46. The SMILES string of the molecule is Cc1ccc(C(=O)C2CC(=O)Nc3c2c(C)nn3-c2ccc(F)cc2)cc1. The lowest BCUT2D eigenvalue weighted by Crippen LogP contribution is -2.28. The van der Waals surface area contributed by atoms with E-state index in [0.29, 0.717) is 28.3 Å². The monoisotopic (exact) mass is 363 g/mol. The van der Waals surface area contributed by atoms with E-state index in [9.17, 15) is 14.0 Å². The van der Waals surface area contributed by atoms with Crippen molar-refractivity contribution in [1.29, 1.82) is 0 Å². The topological polar surface area (TPSA) is 64.0 Å². The molecule has 0 aliphatic carbocycles. The summed E-state index contributed by atoms with van der Waals surface area (Å²) in [7, 11) is 0. The van der Waals surface area contributed by atoms with Crippen molar-refractivity contribution in [3.8, 4) is 5.69 Å². The number of aryl methyl sites for hydroxylation is 2. The van der Waals surface area contributed by atoms with Crippen LogP contribution in [0.2, 0.25) is 0 Å². The average molecular weight is 363 g/mol. The number of anilines is 1. The molecule has 0 bridgehead atoms. The summed E-state index contributed by atoms with van der Waals surface area (Å²) in [6, 6.07) is 13.2. The van der Waals surface area contributed by atoms with Gasteiger partial charge in [0.2, 0.25) is 5.91 Å². The fourth-order valence-corrected chi connectivity index (χ4v) is 3.46. The zero-order chi connectivity index (χ0) is 19.1. The Morgan fingerprint density at radius 2 is 1.78 bits per heavy atom. The van der Waals surface area contributed by atoms with Gasteiger partial charge in [-0.25, -0.2) is 9.07 Å². The quantitative estimate of drug-likeness (QED) is 0.717. The zero-order valence-corrected chi connectivity index (χ0v) is 15.0. The van der Waals surface area contributed by atoms with Crippen LogP contribution in [-0.2, 0) is 4.79 Å². The highest BCUT2D eigenvalue weighted by Crippen LogP contribution is 2.38. The van der Waals surface area contributed by atoms with Gasteiger partial charge in [-0.2, -0.15) is 5.10 Å². The number of Topliss-reactive ketones (excluding diaryl/α,β-unsaturated/α-hetero) is 1. The molecule has 1 N–H and O–H groups in total. The Bertz CT molecular complexity index is 1040. The summed E-state index contributed by atoms with van der Waals surface area (Å²) in [5, 5.41) is 7.32.